The van der Waals surface area contributed by atoms with Crippen molar-refractivity contribution in [2.75, 3.05) is 0 Å². The van der Waals surface area contributed by atoms with E-state index in [1.165, 1.54) is 30.3 Å². The number of benzene rings is 2. The van der Waals surface area contributed by atoms with E-state index in [9.17, 15) is 13.6 Å². The number of nitrogen functional groups attached to an aromatic ring is 1. The lowest BCUT2D eigenvalue weighted by atomic mass is 10.1. The molecule has 7 heteroatoms. The third kappa shape index (κ3) is 3.77. The molecule has 0 atom stereocenters. The fourth-order valence-corrected chi connectivity index (χ4v) is 2.00. The molecule has 0 bridgehead atoms. The Morgan fingerprint density at radius 3 is 2.57 bits per heavy atom. The summed E-state index contributed by atoms with van der Waals surface area (Å²) in [6.07, 6.45) is 0. The molecule has 0 aliphatic heterocycles. The highest BCUT2D eigenvalue weighted by Gasteiger charge is 2.10. The summed E-state index contributed by atoms with van der Waals surface area (Å²) in [6, 6.07) is 7.90. The molecular weight excluding hydrogens is 346 g/mol. The van der Waals surface area contributed by atoms with Gasteiger partial charge in [-0.1, -0.05) is 0 Å². The highest BCUT2D eigenvalue weighted by atomic mass is 79.9. The zero-order valence-electron chi connectivity index (χ0n) is 10.7. The minimum atomic E-state index is -0.527. The Morgan fingerprint density at radius 2 is 1.90 bits per heavy atom. The van der Waals surface area contributed by atoms with Gasteiger partial charge in [0.2, 0.25) is 0 Å². The minimum Gasteiger partial charge on any atom is -0.489 e. The maximum absolute atomic E-state index is 13.7. The van der Waals surface area contributed by atoms with Gasteiger partial charge < -0.3 is 4.74 Å². The predicted molar refractivity (Wildman–Crippen MR) is 76.5 cm³/mol. The Hall–Kier alpha value is -1.99. The van der Waals surface area contributed by atoms with E-state index in [0.29, 0.717) is 5.75 Å². The quantitative estimate of drug-likeness (QED) is 0.503. The standard InChI is InChI=1S/C14H11BrF2N2O2/c15-11-6-10(2-4-13(11)17)21-7-9-5-8(14(20)19-18)1-3-12(9)16/h1-6H,7,18H2,(H,19,20). The van der Waals surface area contributed by atoms with Gasteiger partial charge in [0.1, 0.15) is 24.0 Å². The van der Waals surface area contributed by atoms with Crippen molar-refractivity contribution in [3.63, 3.8) is 0 Å². The van der Waals surface area contributed by atoms with Crippen molar-refractivity contribution in [3.8, 4) is 5.75 Å². The van der Waals surface area contributed by atoms with Crippen LogP contribution in [-0.4, -0.2) is 5.91 Å². The number of nitrogens with one attached hydrogen (secondary N) is 1. The van der Waals surface area contributed by atoms with Crippen LogP contribution in [-0.2, 0) is 6.61 Å². The molecule has 0 spiro atoms. The number of nitrogens with two attached hydrogens (primary N) is 1. The first kappa shape index (κ1) is 15.4. The van der Waals surface area contributed by atoms with Gasteiger partial charge in [-0.05, 0) is 52.3 Å². The van der Waals surface area contributed by atoms with E-state index in [1.807, 2.05) is 5.43 Å². The topological polar surface area (TPSA) is 64.3 Å². The first-order valence-corrected chi connectivity index (χ1v) is 6.68. The Balaban J connectivity index is 2.15. The number of amides is 1. The third-order valence-corrected chi connectivity index (χ3v) is 3.33. The number of carbonyl (C=O) groups excluding carboxylic acids is 1. The molecule has 0 unspecified atom stereocenters. The number of carbonyl (C=O) groups is 1. The van der Waals surface area contributed by atoms with Crippen LogP contribution >= 0.6 is 15.9 Å². The van der Waals surface area contributed by atoms with E-state index in [1.54, 1.807) is 0 Å². The first-order chi connectivity index (χ1) is 10.0. The second kappa shape index (κ2) is 6.64. The van der Waals surface area contributed by atoms with Crippen molar-refractivity contribution in [3.05, 3.63) is 63.6 Å². The number of rotatable bonds is 4. The van der Waals surface area contributed by atoms with Gasteiger partial charge in [-0.3, -0.25) is 10.2 Å². The smallest absolute Gasteiger partial charge is 0.265 e. The molecule has 2 rings (SSSR count). The molecule has 21 heavy (non-hydrogen) atoms. The van der Waals surface area contributed by atoms with Crippen molar-refractivity contribution in [1.29, 1.82) is 0 Å². The summed E-state index contributed by atoms with van der Waals surface area (Å²) in [4.78, 5) is 11.4. The van der Waals surface area contributed by atoms with Crippen molar-refractivity contribution < 1.29 is 18.3 Å². The number of halogens is 3. The molecule has 2 aromatic carbocycles. The zero-order valence-corrected chi connectivity index (χ0v) is 12.3. The van der Waals surface area contributed by atoms with Crippen molar-refractivity contribution in [1.82, 2.24) is 5.43 Å². The maximum Gasteiger partial charge on any atom is 0.265 e. The average molecular weight is 357 g/mol. The van der Waals surface area contributed by atoms with Crippen molar-refractivity contribution in [2.45, 2.75) is 6.61 Å². The van der Waals surface area contributed by atoms with Crippen LogP contribution in [0.3, 0.4) is 0 Å². The van der Waals surface area contributed by atoms with Gasteiger partial charge >= 0.3 is 0 Å². The average Bonchev–Trinajstić information content (AvgIpc) is 2.49. The summed E-state index contributed by atoms with van der Waals surface area (Å²) in [5.41, 5.74) is 2.38. The monoisotopic (exact) mass is 356 g/mol. The van der Waals surface area contributed by atoms with E-state index >= 15 is 0 Å². The number of hydrogen-bond acceptors (Lipinski definition) is 3. The lowest BCUT2D eigenvalue weighted by Gasteiger charge is -2.09. The van der Waals surface area contributed by atoms with Crippen LogP contribution in [0.25, 0.3) is 0 Å². The van der Waals surface area contributed by atoms with Crippen LogP contribution < -0.4 is 16.0 Å². The fourth-order valence-electron chi connectivity index (χ4n) is 1.64. The molecule has 0 heterocycles. The molecule has 2 aromatic rings. The summed E-state index contributed by atoms with van der Waals surface area (Å²) < 4.78 is 32.4. The normalized spacial score (nSPS) is 10.3. The summed E-state index contributed by atoms with van der Waals surface area (Å²) in [7, 11) is 0. The Bertz CT molecular complexity index is 680. The van der Waals surface area contributed by atoms with Gasteiger partial charge in [0, 0.05) is 11.1 Å². The van der Waals surface area contributed by atoms with Crippen LogP contribution in [0.2, 0.25) is 0 Å². The molecule has 0 saturated carbocycles. The van der Waals surface area contributed by atoms with E-state index in [0.717, 1.165) is 6.07 Å². The molecule has 3 N–H and O–H groups in total. The van der Waals surface area contributed by atoms with Gasteiger partial charge in [-0.15, -0.1) is 0 Å². The number of hydrogen-bond donors (Lipinski definition) is 2. The molecule has 110 valence electrons. The second-order valence-electron chi connectivity index (χ2n) is 4.14. The summed E-state index contributed by atoms with van der Waals surface area (Å²) >= 11 is 3.03. The van der Waals surface area contributed by atoms with Crippen LogP contribution in [0.15, 0.2) is 40.9 Å². The molecule has 0 saturated heterocycles. The lowest BCUT2D eigenvalue weighted by molar-refractivity contribution is 0.0953. The highest BCUT2D eigenvalue weighted by Crippen LogP contribution is 2.23. The molecule has 1 amide bonds. The molecule has 0 fully saturated rings. The Morgan fingerprint density at radius 1 is 1.19 bits per heavy atom. The van der Waals surface area contributed by atoms with E-state index in [2.05, 4.69) is 15.9 Å². The Labute approximate surface area is 128 Å². The van der Waals surface area contributed by atoms with Crippen molar-refractivity contribution >= 4 is 21.8 Å². The largest absolute Gasteiger partial charge is 0.489 e. The van der Waals surface area contributed by atoms with E-state index in [4.69, 9.17) is 10.6 Å². The SMILES string of the molecule is NNC(=O)c1ccc(F)c(COc2ccc(F)c(Br)c2)c1. The van der Waals surface area contributed by atoms with E-state index < -0.39 is 17.5 Å². The number of ether oxygens (including phenoxy) is 1. The molecule has 4 nitrogen and oxygen atoms in total. The van der Waals surface area contributed by atoms with Gasteiger partial charge in [0.25, 0.3) is 5.91 Å². The summed E-state index contributed by atoms with van der Waals surface area (Å²) in [6.45, 7) is -0.102. The second-order valence-corrected chi connectivity index (χ2v) is 5.00. The number of hydrazine groups is 1. The molecule has 0 aliphatic carbocycles. The van der Waals surface area contributed by atoms with Crippen LogP contribution in [0.4, 0.5) is 8.78 Å². The molecule has 0 aromatic heterocycles. The van der Waals surface area contributed by atoms with Gasteiger partial charge in [-0.25, -0.2) is 14.6 Å². The third-order valence-electron chi connectivity index (χ3n) is 2.72. The highest BCUT2D eigenvalue weighted by molar-refractivity contribution is 9.10. The molecule has 0 radical (unpaired) electrons. The van der Waals surface area contributed by atoms with Crippen molar-refractivity contribution in [2.24, 2.45) is 5.84 Å². The van der Waals surface area contributed by atoms with Gasteiger partial charge in [0.05, 0.1) is 4.47 Å². The molecular formula is C14H11BrF2N2O2. The van der Waals surface area contributed by atoms with Crippen LogP contribution in [0, 0.1) is 11.6 Å². The maximum atomic E-state index is 13.7. The predicted octanol–water partition coefficient (Wildman–Crippen LogP) is 2.91. The fraction of sp³-hybridized carbons (Fsp3) is 0.0714. The van der Waals surface area contributed by atoms with Crippen LogP contribution in [0.1, 0.15) is 15.9 Å². The van der Waals surface area contributed by atoms with Gasteiger partial charge in [0.15, 0.2) is 0 Å². The molecule has 0 aliphatic rings. The first-order valence-electron chi connectivity index (χ1n) is 5.88. The van der Waals surface area contributed by atoms with Gasteiger partial charge in [-0.2, -0.15) is 0 Å². The summed E-state index contributed by atoms with van der Waals surface area (Å²) in [5.74, 6) is 3.94. The van der Waals surface area contributed by atoms with E-state index in [-0.39, 0.29) is 22.2 Å². The van der Waals surface area contributed by atoms with Crippen LogP contribution in [0.5, 0.6) is 5.75 Å². The Kier molecular flexibility index (Phi) is 4.87. The zero-order chi connectivity index (χ0) is 15.4. The summed E-state index contributed by atoms with van der Waals surface area (Å²) in [5, 5.41) is 0. The lowest BCUT2D eigenvalue weighted by Crippen LogP contribution is -2.30. The minimum absolute atomic E-state index is 0.102.